The van der Waals surface area contributed by atoms with E-state index in [-0.39, 0.29) is 11.8 Å². The van der Waals surface area contributed by atoms with Crippen molar-refractivity contribution in [2.24, 2.45) is 5.92 Å². The number of piperidine rings is 1. The third kappa shape index (κ3) is 4.16. The number of rotatable bonds is 5. The van der Waals surface area contributed by atoms with E-state index in [0.29, 0.717) is 0 Å². The van der Waals surface area contributed by atoms with Crippen molar-refractivity contribution in [1.82, 2.24) is 0 Å². The Labute approximate surface area is 144 Å². The fraction of sp³-hybridized carbons (Fsp3) is 0.429. The number of nitrogens with one attached hydrogen (secondary N) is 1. The summed E-state index contributed by atoms with van der Waals surface area (Å²) in [6, 6.07) is 17.8. The Hall–Kier alpha value is -1.84. The molecular formula is C21H28NO2+. The summed E-state index contributed by atoms with van der Waals surface area (Å²) in [5, 5.41) is 20.0. The van der Waals surface area contributed by atoms with Gasteiger partial charge in [-0.2, -0.15) is 0 Å². The van der Waals surface area contributed by atoms with E-state index < -0.39 is 6.10 Å². The van der Waals surface area contributed by atoms with Crippen LogP contribution in [0.2, 0.25) is 0 Å². The maximum atomic E-state index is 10.6. The first-order valence-electron chi connectivity index (χ1n) is 8.99. The SMILES string of the molecule is C[C@H]([C@H](O)c1ccc(O)cc1)[NH+]1CCC(Cc2ccccc2)CC1. The van der Waals surface area contributed by atoms with E-state index in [9.17, 15) is 10.2 Å². The average molecular weight is 326 g/mol. The predicted molar refractivity (Wildman–Crippen MR) is 96.1 cm³/mol. The van der Waals surface area contributed by atoms with E-state index in [1.807, 2.05) is 12.1 Å². The quantitative estimate of drug-likeness (QED) is 0.790. The number of likely N-dealkylation sites (tertiary alicyclic amines) is 1. The highest BCUT2D eigenvalue weighted by atomic mass is 16.3. The van der Waals surface area contributed by atoms with Crippen LogP contribution >= 0.6 is 0 Å². The minimum atomic E-state index is -0.480. The zero-order valence-electron chi connectivity index (χ0n) is 14.4. The summed E-state index contributed by atoms with van der Waals surface area (Å²) < 4.78 is 0. The van der Waals surface area contributed by atoms with Crippen molar-refractivity contribution in [2.75, 3.05) is 13.1 Å². The van der Waals surface area contributed by atoms with E-state index in [4.69, 9.17) is 0 Å². The molecule has 1 fully saturated rings. The van der Waals surface area contributed by atoms with Crippen molar-refractivity contribution >= 4 is 0 Å². The summed E-state index contributed by atoms with van der Waals surface area (Å²) in [6.07, 6.45) is 3.13. The fourth-order valence-corrected chi connectivity index (χ4v) is 3.84. The second kappa shape index (κ2) is 7.82. The van der Waals surface area contributed by atoms with Crippen LogP contribution in [0, 0.1) is 5.92 Å². The Morgan fingerprint density at radius 2 is 1.62 bits per heavy atom. The van der Waals surface area contributed by atoms with Gasteiger partial charge in [0.25, 0.3) is 0 Å². The molecule has 1 saturated heterocycles. The van der Waals surface area contributed by atoms with Gasteiger partial charge in [0.2, 0.25) is 0 Å². The van der Waals surface area contributed by atoms with E-state index in [1.165, 1.54) is 29.7 Å². The molecule has 1 heterocycles. The van der Waals surface area contributed by atoms with Crippen LogP contribution in [0.15, 0.2) is 54.6 Å². The molecule has 0 radical (unpaired) electrons. The van der Waals surface area contributed by atoms with E-state index in [2.05, 4.69) is 37.3 Å². The molecule has 0 amide bonds. The molecular weight excluding hydrogens is 298 g/mol. The third-order valence-corrected chi connectivity index (χ3v) is 5.47. The standard InChI is InChI=1S/C21H27NO2/c1-16(21(24)19-7-9-20(23)10-8-19)22-13-11-18(12-14-22)15-17-5-3-2-4-6-17/h2-10,16,18,21,23-24H,11-15H2,1H3/p+1/t16-,21+/m1/s1. The number of phenolic OH excluding ortho intramolecular Hbond substituents is 1. The smallest absolute Gasteiger partial charge is 0.130 e. The second-order valence-electron chi connectivity index (χ2n) is 7.12. The number of hydrogen-bond donors (Lipinski definition) is 3. The molecule has 0 unspecified atom stereocenters. The van der Waals surface area contributed by atoms with Gasteiger partial charge in [-0.05, 0) is 55.4 Å². The molecule has 3 N–H and O–H groups in total. The first-order valence-corrected chi connectivity index (χ1v) is 8.99. The van der Waals surface area contributed by atoms with Gasteiger partial charge in [0.05, 0.1) is 13.1 Å². The molecule has 0 aromatic heterocycles. The largest absolute Gasteiger partial charge is 0.508 e. The molecule has 1 aliphatic heterocycles. The summed E-state index contributed by atoms with van der Waals surface area (Å²) in [5.74, 6) is 1.00. The van der Waals surface area contributed by atoms with Crippen molar-refractivity contribution in [3.05, 3.63) is 65.7 Å². The van der Waals surface area contributed by atoms with Crippen molar-refractivity contribution in [3.8, 4) is 5.75 Å². The van der Waals surface area contributed by atoms with Gasteiger partial charge in [0.1, 0.15) is 17.9 Å². The molecule has 2 aromatic carbocycles. The van der Waals surface area contributed by atoms with Crippen LogP contribution in [0.5, 0.6) is 5.75 Å². The van der Waals surface area contributed by atoms with Gasteiger partial charge in [0, 0.05) is 0 Å². The van der Waals surface area contributed by atoms with E-state index >= 15 is 0 Å². The van der Waals surface area contributed by atoms with Crippen LogP contribution in [-0.2, 0) is 6.42 Å². The van der Waals surface area contributed by atoms with Gasteiger partial charge < -0.3 is 15.1 Å². The van der Waals surface area contributed by atoms with Gasteiger partial charge in [-0.1, -0.05) is 42.5 Å². The molecule has 0 saturated carbocycles. The lowest BCUT2D eigenvalue weighted by atomic mass is 9.89. The fourth-order valence-electron chi connectivity index (χ4n) is 3.84. The first-order chi connectivity index (χ1) is 11.6. The number of benzene rings is 2. The molecule has 0 aliphatic carbocycles. The van der Waals surface area contributed by atoms with Crippen molar-refractivity contribution in [2.45, 2.75) is 38.3 Å². The zero-order valence-corrected chi connectivity index (χ0v) is 14.4. The third-order valence-electron chi connectivity index (χ3n) is 5.47. The number of phenols is 1. The lowest BCUT2D eigenvalue weighted by molar-refractivity contribution is -0.933. The van der Waals surface area contributed by atoms with E-state index in [1.54, 1.807) is 12.1 Å². The Bertz CT molecular complexity index is 618. The van der Waals surface area contributed by atoms with Crippen LogP contribution in [0.25, 0.3) is 0 Å². The van der Waals surface area contributed by atoms with E-state index in [0.717, 1.165) is 24.6 Å². The Kier molecular flexibility index (Phi) is 5.54. The highest BCUT2D eigenvalue weighted by Crippen LogP contribution is 2.20. The number of aliphatic hydroxyl groups is 1. The number of aliphatic hydroxyl groups excluding tert-OH is 1. The van der Waals surface area contributed by atoms with Crippen molar-refractivity contribution < 1.29 is 15.1 Å². The molecule has 24 heavy (non-hydrogen) atoms. The van der Waals surface area contributed by atoms with Gasteiger partial charge in [-0.3, -0.25) is 0 Å². The molecule has 1 aliphatic rings. The maximum Gasteiger partial charge on any atom is 0.130 e. The number of aromatic hydroxyl groups is 1. The van der Waals surface area contributed by atoms with Gasteiger partial charge in [-0.25, -0.2) is 0 Å². The molecule has 3 rings (SSSR count). The molecule has 0 bridgehead atoms. The Balaban J connectivity index is 1.53. The Morgan fingerprint density at radius 1 is 1.00 bits per heavy atom. The molecule has 3 heteroatoms. The minimum absolute atomic E-state index is 0.173. The molecule has 3 nitrogen and oxygen atoms in total. The molecule has 2 atom stereocenters. The highest BCUT2D eigenvalue weighted by molar-refractivity contribution is 5.27. The van der Waals surface area contributed by atoms with Gasteiger partial charge >= 0.3 is 0 Å². The van der Waals surface area contributed by atoms with Crippen LogP contribution < -0.4 is 4.90 Å². The minimum Gasteiger partial charge on any atom is -0.508 e. The maximum absolute atomic E-state index is 10.6. The molecule has 0 spiro atoms. The average Bonchev–Trinajstić information content (AvgIpc) is 2.63. The van der Waals surface area contributed by atoms with Crippen LogP contribution in [0.3, 0.4) is 0 Å². The lowest BCUT2D eigenvalue weighted by Crippen LogP contribution is -3.17. The van der Waals surface area contributed by atoms with Gasteiger partial charge in [-0.15, -0.1) is 0 Å². The normalized spacial score (nSPS) is 23.6. The van der Waals surface area contributed by atoms with Gasteiger partial charge in [0.15, 0.2) is 0 Å². The lowest BCUT2D eigenvalue weighted by Gasteiger charge is -2.35. The van der Waals surface area contributed by atoms with Crippen molar-refractivity contribution in [1.29, 1.82) is 0 Å². The van der Waals surface area contributed by atoms with Crippen LogP contribution in [0.4, 0.5) is 0 Å². The monoisotopic (exact) mass is 326 g/mol. The Morgan fingerprint density at radius 3 is 2.25 bits per heavy atom. The number of quaternary nitrogens is 1. The topological polar surface area (TPSA) is 44.9 Å². The second-order valence-corrected chi connectivity index (χ2v) is 7.12. The summed E-state index contributed by atoms with van der Waals surface area (Å²) in [7, 11) is 0. The predicted octanol–water partition coefficient (Wildman–Crippen LogP) is 2.35. The zero-order chi connectivity index (χ0) is 16.9. The highest BCUT2D eigenvalue weighted by Gasteiger charge is 2.30. The first kappa shape index (κ1) is 17.0. The van der Waals surface area contributed by atoms with Crippen molar-refractivity contribution in [3.63, 3.8) is 0 Å². The summed E-state index contributed by atoms with van der Waals surface area (Å²) in [6.45, 7) is 4.37. The summed E-state index contributed by atoms with van der Waals surface area (Å²) >= 11 is 0. The number of hydrogen-bond acceptors (Lipinski definition) is 2. The molecule has 2 aromatic rings. The molecule has 128 valence electrons. The summed E-state index contributed by atoms with van der Waals surface area (Å²) in [4.78, 5) is 1.49. The van der Waals surface area contributed by atoms with Crippen LogP contribution in [-0.4, -0.2) is 29.3 Å². The summed E-state index contributed by atoms with van der Waals surface area (Å²) in [5.41, 5.74) is 2.32. The van der Waals surface area contributed by atoms with Crippen LogP contribution in [0.1, 0.15) is 37.0 Å².